The SMILES string of the molecule is Cc1cc2nc3c(=O)[nH]c(=O)nc-3n(CC(C)O)c2cc1C. The topological polar surface area (TPSA) is 101 Å². The van der Waals surface area contributed by atoms with E-state index in [4.69, 9.17) is 0 Å². The van der Waals surface area contributed by atoms with Crippen molar-refractivity contribution in [3.05, 3.63) is 44.1 Å². The molecule has 0 amide bonds. The van der Waals surface area contributed by atoms with Gasteiger partial charge in [0.2, 0.25) is 0 Å². The minimum absolute atomic E-state index is 0.0935. The van der Waals surface area contributed by atoms with Crippen molar-refractivity contribution in [3.63, 3.8) is 0 Å². The summed E-state index contributed by atoms with van der Waals surface area (Å²) in [6.45, 7) is 5.78. The zero-order valence-corrected chi connectivity index (χ0v) is 12.5. The van der Waals surface area contributed by atoms with Gasteiger partial charge in [-0.05, 0) is 44.0 Å². The van der Waals surface area contributed by atoms with Gasteiger partial charge in [0.1, 0.15) is 0 Å². The Morgan fingerprint density at radius 2 is 1.91 bits per heavy atom. The first-order chi connectivity index (χ1) is 10.4. The predicted octanol–water partition coefficient (Wildman–Crippen LogP) is 0.582. The number of nitrogens with zero attached hydrogens (tertiary/aromatic N) is 3. The van der Waals surface area contributed by atoms with E-state index in [2.05, 4.69) is 15.0 Å². The third-order valence-corrected chi connectivity index (χ3v) is 3.67. The molecule has 1 atom stereocenters. The fourth-order valence-corrected chi connectivity index (χ4v) is 2.50. The molecular weight excluding hydrogens is 284 g/mol. The number of aromatic amines is 1. The molecule has 2 heterocycles. The predicted molar refractivity (Wildman–Crippen MR) is 82.2 cm³/mol. The second kappa shape index (κ2) is 5.03. The monoisotopic (exact) mass is 300 g/mol. The van der Waals surface area contributed by atoms with Crippen LogP contribution in [0.15, 0.2) is 21.7 Å². The van der Waals surface area contributed by atoms with E-state index in [-0.39, 0.29) is 18.1 Å². The number of benzene rings is 1. The van der Waals surface area contributed by atoms with Gasteiger partial charge in [0.05, 0.1) is 23.7 Å². The summed E-state index contributed by atoms with van der Waals surface area (Å²) in [6.07, 6.45) is -0.656. The standard InChI is InChI=1S/C15H16N4O3/c1-7-4-10-11(5-8(7)2)19(6-9(3)20)13-12(16-10)14(21)18-15(22)17-13/h4-5,9,20H,6H2,1-3H3,(H,18,21,22). The molecular formula is C15H16N4O3. The van der Waals surface area contributed by atoms with Crippen LogP contribution in [0.1, 0.15) is 18.1 Å². The summed E-state index contributed by atoms with van der Waals surface area (Å²) >= 11 is 0. The van der Waals surface area contributed by atoms with Crippen LogP contribution >= 0.6 is 0 Å². The van der Waals surface area contributed by atoms with Gasteiger partial charge >= 0.3 is 5.69 Å². The highest BCUT2D eigenvalue weighted by molar-refractivity contribution is 5.81. The Labute approximate surface area is 125 Å². The van der Waals surface area contributed by atoms with E-state index in [0.29, 0.717) is 5.52 Å². The molecule has 7 nitrogen and oxygen atoms in total. The van der Waals surface area contributed by atoms with Gasteiger partial charge in [-0.2, -0.15) is 4.98 Å². The number of aromatic nitrogens is 4. The van der Waals surface area contributed by atoms with Crippen molar-refractivity contribution in [2.24, 2.45) is 0 Å². The minimum atomic E-state index is -0.721. The molecule has 2 N–H and O–H groups in total. The number of aliphatic hydroxyl groups is 1. The van der Waals surface area contributed by atoms with Crippen LogP contribution < -0.4 is 11.2 Å². The third-order valence-electron chi connectivity index (χ3n) is 3.67. The summed E-state index contributed by atoms with van der Waals surface area (Å²) in [5, 5.41) is 9.75. The normalized spacial score (nSPS) is 12.9. The Balaban J connectivity index is 2.53. The molecule has 0 spiro atoms. The van der Waals surface area contributed by atoms with E-state index in [1.165, 1.54) is 0 Å². The summed E-state index contributed by atoms with van der Waals surface area (Å²) in [5.74, 6) is 0.186. The van der Waals surface area contributed by atoms with E-state index in [1.807, 2.05) is 26.0 Å². The molecule has 0 fully saturated rings. The molecule has 7 heteroatoms. The van der Waals surface area contributed by atoms with Crippen molar-refractivity contribution in [2.45, 2.75) is 33.4 Å². The van der Waals surface area contributed by atoms with Crippen molar-refractivity contribution in [1.82, 2.24) is 19.5 Å². The average Bonchev–Trinajstić information content (AvgIpc) is 2.41. The lowest BCUT2D eigenvalue weighted by Crippen LogP contribution is -2.30. The second-order valence-electron chi connectivity index (χ2n) is 5.54. The van der Waals surface area contributed by atoms with Gasteiger partial charge in [-0.25, -0.2) is 9.78 Å². The number of H-pyrrole nitrogens is 1. The lowest BCUT2D eigenvalue weighted by Gasteiger charge is -2.18. The fraction of sp³-hybridized carbons (Fsp3) is 0.333. The highest BCUT2D eigenvalue weighted by Crippen LogP contribution is 2.23. The molecule has 0 saturated heterocycles. The summed E-state index contributed by atoms with van der Waals surface area (Å²) in [4.78, 5) is 33.9. The van der Waals surface area contributed by atoms with E-state index < -0.39 is 17.4 Å². The van der Waals surface area contributed by atoms with Crippen molar-refractivity contribution in [2.75, 3.05) is 0 Å². The average molecular weight is 300 g/mol. The van der Waals surface area contributed by atoms with Crippen molar-refractivity contribution < 1.29 is 5.11 Å². The van der Waals surface area contributed by atoms with Gasteiger partial charge in [0.25, 0.3) is 5.56 Å². The van der Waals surface area contributed by atoms with Crippen LogP contribution in [0.25, 0.3) is 22.6 Å². The fourth-order valence-electron chi connectivity index (χ4n) is 2.50. The second-order valence-corrected chi connectivity index (χ2v) is 5.54. The molecule has 0 aromatic heterocycles. The van der Waals surface area contributed by atoms with Gasteiger partial charge < -0.3 is 9.67 Å². The van der Waals surface area contributed by atoms with E-state index in [1.54, 1.807) is 11.5 Å². The number of nitrogens with one attached hydrogen (secondary N) is 1. The van der Waals surface area contributed by atoms with Gasteiger partial charge in [-0.1, -0.05) is 0 Å². The quantitative estimate of drug-likeness (QED) is 0.674. The maximum Gasteiger partial charge on any atom is 0.349 e. The smallest absolute Gasteiger partial charge is 0.349 e. The molecule has 0 radical (unpaired) electrons. The van der Waals surface area contributed by atoms with Crippen LogP contribution in [0.2, 0.25) is 0 Å². The first-order valence-electron chi connectivity index (χ1n) is 6.96. The summed E-state index contributed by atoms with van der Waals surface area (Å²) in [5.41, 5.74) is 2.26. The Kier molecular flexibility index (Phi) is 3.29. The number of rotatable bonds is 2. The Morgan fingerprint density at radius 3 is 2.59 bits per heavy atom. The van der Waals surface area contributed by atoms with E-state index in [9.17, 15) is 14.7 Å². The lowest BCUT2D eigenvalue weighted by molar-refractivity contribution is 0.175. The Morgan fingerprint density at radius 1 is 1.23 bits per heavy atom. The van der Waals surface area contributed by atoms with Crippen LogP contribution in [-0.2, 0) is 6.54 Å². The number of fused-ring (bicyclic) bond motifs is 2. The maximum absolute atomic E-state index is 12.0. The summed E-state index contributed by atoms with van der Waals surface area (Å²) < 4.78 is 1.67. The highest BCUT2D eigenvalue weighted by Gasteiger charge is 2.19. The molecule has 2 aliphatic rings. The molecule has 0 saturated carbocycles. The zero-order chi connectivity index (χ0) is 16.0. The van der Waals surface area contributed by atoms with Crippen LogP contribution in [0.3, 0.4) is 0 Å². The van der Waals surface area contributed by atoms with Crippen molar-refractivity contribution in [3.8, 4) is 11.5 Å². The molecule has 0 aliphatic carbocycles. The number of aryl methyl sites for hydroxylation is 2. The van der Waals surface area contributed by atoms with Gasteiger partial charge in [0, 0.05) is 0 Å². The molecule has 3 rings (SSSR count). The van der Waals surface area contributed by atoms with E-state index >= 15 is 0 Å². The van der Waals surface area contributed by atoms with Crippen LogP contribution in [0, 0.1) is 13.8 Å². The van der Waals surface area contributed by atoms with Crippen molar-refractivity contribution >= 4 is 11.0 Å². The number of hydrogen-bond donors (Lipinski definition) is 2. The third kappa shape index (κ3) is 2.29. The summed E-state index contributed by atoms with van der Waals surface area (Å²) in [6, 6.07) is 3.81. The van der Waals surface area contributed by atoms with Crippen molar-refractivity contribution in [1.29, 1.82) is 0 Å². The molecule has 22 heavy (non-hydrogen) atoms. The molecule has 1 aromatic carbocycles. The molecule has 1 unspecified atom stereocenters. The number of hydrogen-bond acceptors (Lipinski definition) is 5. The first kappa shape index (κ1) is 14.4. The van der Waals surface area contributed by atoms with E-state index in [0.717, 1.165) is 16.6 Å². The summed E-state index contributed by atoms with van der Waals surface area (Å²) in [7, 11) is 0. The zero-order valence-electron chi connectivity index (χ0n) is 12.5. The first-order valence-corrected chi connectivity index (χ1v) is 6.96. The highest BCUT2D eigenvalue weighted by atomic mass is 16.3. The minimum Gasteiger partial charge on any atom is -0.392 e. The van der Waals surface area contributed by atoms with Gasteiger partial charge in [-0.3, -0.25) is 9.78 Å². The maximum atomic E-state index is 12.0. The molecule has 2 aliphatic heterocycles. The van der Waals surface area contributed by atoms with Gasteiger partial charge in [0.15, 0.2) is 11.5 Å². The number of aliphatic hydroxyl groups excluding tert-OH is 1. The Hall–Kier alpha value is -2.54. The van der Waals surface area contributed by atoms with Gasteiger partial charge in [-0.15, -0.1) is 0 Å². The molecule has 1 aromatic rings. The molecule has 114 valence electrons. The lowest BCUT2D eigenvalue weighted by atomic mass is 10.1. The van der Waals surface area contributed by atoms with Crippen LogP contribution in [-0.4, -0.2) is 30.7 Å². The van der Waals surface area contributed by atoms with Crippen LogP contribution in [0.5, 0.6) is 0 Å². The largest absolute Gasteiger partial charge is 0.392 e. The van der Waals surface area contributed by atoms with Crippen LogP contribution in [0.4, 0.5) is 0 Å². The molecule has 0 bridgehead atoms. The Bertz CT molecular complexity index is 955.